The van der Waals surface area contributed by atoms with Gasteiger partial charge in [0.15, 0.2) is 0 Å². The molecule has 6 atom stereocenters. The van der Waals surface area contributed by atoms with Crippen LogP contribution in [0.5, 0.6) is 0 Å². The van der Waals surface area contributed by atoms with E-state index in [1.165, 1.54) is 6.42 Å². The van der Waals surface area contributed by atoms with Gasteiger partial charge in [-0.25, -0.2) is 0 Å². The summed E-state index contributed by atoms with van der Waals surface area (Å²) in [6.45, 7) is 1.79. The predicted octanol–water partition coefficient (Wildman–Crippen LogP) is 2.40. The number of carbonyl (C=O) groups excluding carboxylic acids is 3. The van der Waals surface area contributed by atoms with Crippen LogP contribution in [0.15, 0.2) is 30.3 Å². The average molecular weight is 486 g/mol. The second-order valence-corrected chi connectivity index (χ2v) is 12.4. The molecule has 2 unspecified atom stereocenters. The lowest BCUT2D eigenvalue weighted by Crippen LogP contribution is -2.56. The van der Waals surface area contributed by atoms with Crippen LogP contribution in [0.3, 0.4) is 0 Å². The molecule has 4 fully saturated rings. The van der Waals surface area contributed by atoms with Crippen molar-refractivity contribution in [2.24, 2.45) is 11.8 Å². The van der Waals surface area contributed by atoms with E-state index < -0.39 is 28.7 Å². The number of benzene rings is 1. The van der Waals surface area contributed by atoms with E-state index in [9.17, 15) is 19.5 Å². The standard InChI is InChI=1S/C26H35N3O4S/c1-25-13-14-26(34-25)20(19(25)22(31)27-2)24(33)29(18(15-30)16-9-5-3-6-10-16)21(26)23(32)28-17-11-7-4-8-12-17/h3,5-6,9-10,17-21,30H,4,7-8,11-15H2,1-2H3,(H,27,31)(H,28,32)/t18-,19-,20+,21?,25+,26?/m1/s1. The molecular weight excluding hydrogens is 450 g/mol. The summed E-state index contributed by atoms with van der Waals surface area (Å²) in [5.74, 6) is -1.52. The third-order valence-corrected chi connectivity index (χ3v) is 10.6. The van der Waals surface area contributed by atoms with E-state index in [2.05, 4.69) is 17.6 Å². The molecule has 7 nitrogen and oxygen atoms in total. The van der Waals surface area contributed by atoms with Crippen LogP contribution in [0.1, 0.15) is 63.5 Å². The van der Waals surface area contributed by atoms with E-state index in [4.69, 9.17) is 0 Å². The van der Waals surface area contributed by atoms with Crippen molar-refractivity contribution in [1.82, 2.24) is 15.5 Å². The number of rotatable bonds is 6. The Morgan fingerprint density at radius 2 is 1.85 bits per heavy atom. The molecule has 3 saturated heterocycles. The van der Waals surface area contributed by atoms with Gasteiger partial charge in [-0.05, 0) is 38.2 Å². The Bertz CT molecular complexity index is 968. The number of likely N-dealkylation sites (tertiary alicyclic amines) is 1. The van der Waals surface area contributed by atoms with E-state index in [0.717, 1.165) is 37.7 Å². The highest BCUT2D eigenvalue weighted by Gasteiger charge is 2.77. The molecule has 1 saturated carbocycles. The minimum Gasteiger partial charge on any atom is -0.394 e. The van der Waals surface area contributed by atoms with E-state index >= 15 is 0 Å². The van der Waals surface area contributed by atoms with Crippen LogP contribution in [0.2, 0.25) is 0 Å². The Labute approximate surface area is 205 Å². The first kappa shape index (κ1) is 23.7. The van der Waals surface area contributed by atoms with Gasteiger partial charge in [0.05, 0.1) is 29.2 Å². The fourth-order valence-corrected chi connectivity index (χ4v) is 9.45. The number of thioether (sulfide) groups is 1. The van der Waals surface area contributed by atoms with Crippen LogP contribution < -0.4 is 10.6 Å². The maximum Gasteiger partial charge on any atom is 0.244 e. The minimum absolute atomic E-state index is 0.117. The highest BCUT2D eigenvalue weighted by atomic mass is 32.2. The summed E-state index contributed by atoms with van der Waals surface area (Å²) in [6.07, 6.45) is 6.80. The zero-order valence-electron chi connectivity index (χ0n) is 20.0. The number of carbonyl (C=O) groups is 3. The number of nitrogens with zero attached hydrogens (tertiary/aromatic N) is 1. The van der Waals surface area contributed by atoms with Gasteiger partial charge in [0.25, 0.3) is 0 Å². The third kappa shape index (κ3) is 3.48. The predicted molar refractivity (Wildman–Crippen MR) is 131 cm³/mol. The van der Waals surface area contributed by atoms with Gasteiger partial charge >= 0.3 is 0 Å². The summed E-state index contributed by atoms with van der Waals surface area (Å²) >= 11 is 1.67. The number of fused-ring (bicyclic) bond motifs is 1. The lowest BCUT2D eigenvalue weighted by atomic mass is 9.66. The zero-order chi connectivity index (χ0) is 24.1. The van der Waals surface area contributed by atoms with Crippen molar-refractivity contribution in [3.63, 3.8) is 0 Å². The van der Waals surface area contributed by atoms with Crippen LogP contribution in [0.25, 0.3) is 0 Å². The topological polar surface area (TPSA) is 98.7 Å². The summed E-state index contributed by atoms with van der Waals surface area (Å²) in [5, 5.41) is 16.5. The molecule has 34 heavy (non-hydrogen) atoms. The summed E-state index contributed by atoms with van der Waals surface area (Å²) in [4.78, 5) is 42.9. The second-order valence-electron chi connectivity index (χ2n) is 10.5. The number of aliphatic hydroxyl groups excluding tert-OH is 1. The number of aliphatic hydroxyl groups is 1. The van der Waals surface area contributed by atoms with Crippen LogP contribution in [-0.2, 0) is 14.4 Å². The number of amides is 3. The first-order valence-corrected chi connectivity index (χ1v) is 13.4. The third-order valence-electron chi connectivity index (χ3n) is 8.64. The van der Waals surface area contributed by atoms with Gasteiger partial charge in [-0.2, -0.15) is 0 Å². The van der Waals surface area contributed by atoms with Crippen LogP contribution in [-0.4, -0.2) is 63.0 Å². The van der Waals surface area contributed by atoms with Gasteiger partial charge in [0.2, 0.25) is 17.7 Å². The van der Waals surface area contributed by atoms with Gasteiger partial charge in [-0.1, -0.05) is 49.6 Å². The van der Waals surface area contributed by atoms with Crippen LogP contribution in [0.4, 0.5) is 0 Å². The summed E-state index contributed by atoms with van der Waals surface area (Å²) < 4.78 is -1.04. The first-order valence-electron chi connectivity index (χ1n) is 12.6. The molecule has 184 valence electrons. The molecule has 5 rings (SSSR count). The van der Waals surface area contributed by atoms with Gasteiger partial charge < -0.3 is 20.6 Å². The van der Waals surface area contributed by atoms with Gasteiger partial charge in [0, 0.05) is 17.8 Å². The first-order chi connectivity index (χ1) is 16.4. The molecule has 0 radical (unpaired) electrons. The number of nitrogens with one attached hydrogen (secondary N) is 2. The van der Waals surface area contributed by atoms with Crippen molar-refractivity contribution in [3.05, 3.63) is 35.9 Å². The number of hydrogen-bond donors (Lipinski definition) is 3. The molecular formula is C26H35N3O4S. The fourth-order valence-electron chi connectivity index (χ4n) is 7.11. The average Bonchev–Trinajstić information content (AvgIpc) is 3.41. The molecule has 3 amide bonds. The molecule has 0 aromatic heterocycles. The Hall–Kier alpha value is -2.06. The van der Waals surface area contributed by atoms with Crippen molar-refractivity contribution in [3.8, 4) is 0 Å². The quantitative estimate of drug-likeness (QED) is 0.575. The van der Waals surface area contributed by atoms with Crippen molar-refractivity contribution in [2.75, 3.05) is 13.7 Å². The van der Waals surface area contributed by atoms with Gasteiger partial charge in [-0.3, -0.25) is 14.4 Å². The molecule has 2 bridgehead atoms. The fraction of sp³-hybridized carbons (Fsp3) is 0.654. The lowest BCUT2D eigenvalue weighted by molar-refractivity contribution is -0.143. The SMILES string of the molecule is CNC(=O)[C@H]1[C@H]2C(=O)N([C@H](CO)c3ccccc3)C(C(=O)NC3CCCCC3)C23CC[C@]1(C)S3. The van der Waals surface area contributed by atoms with E-state index in [0.29, 0.717) is 6.42 Å². The van der Waals surface area contributed by atoms with Crippen molar-refractivity contribution < 1.29 is 19.5 Å². The largest absolute Gasteiger partial charge is 0.394 e. The molecule has 8 heteroatoms. The Morgan fingerprint density at radius 3 is 2.50 bits per heavy atom. The van der Waals surface area contributed by atoms with Crippen LogP contribution >= 0.6 is 11.8 Å². The van der Waals surface area contributed by atoms with Gasteiger partial charge in [0.1, 0.15) is 6.04 Å². The summed E-state index contributed by atoms with van der Waals surface area (Å²) in [7, 11) is 1.61. The minimum atomic E-state index is -0.717. The van der Waals surface area contributed by atoms with E-state index in [1.54, 1.807) is 23.7 Å². The van der Waals surface area contributed by atoms with Gasteiger partial charge in [-0.15, -0.1) is 11.8 Å². The molecule has 3 N–H and O–H groups in total. The monoisotopic (exact) mass is 485 g/mol. The zero-order valence-corrected chi connectivity index (χ0v) is 20.8. The lowest BCUT2D eigenvalue weighted by Gasteiger charge is -2.38. The molecule has 3 heterocycles. The molecule has 1 spiro atoms. The summed E-state index contributed by atoms with van der Waals surface area (Å²) in [6, 6.07) is 8.19. The highest BCUT2D eigenvalue weighted by molar-refractivity contribution is 8.02. The second kappa shape index (κ2) is 8.86. The molecule has 1 aliphatic carbocycles. The Balaban J connectivity index is 1.58. The van der Waals surface area contributed by atoms with Crippen LogP contribution in [0, 0.1) is 11.8 Å². The molecule has 1 aromatic carbocycles. The van der Waals surface area contributed by atoms with E-state index in [-0.39, 0.29) is 35.1 Å². The normalized spacial score (nSPS) is 35.8. The smallest absolute Gasteiger partial charge is 0.244 e. The van der Waals surface area contributed by atoms with Crippen molar-refractivity contribution >= 4 is 29.5 Å². The number of hydrogen-bond acceptors (Lipinski definition) is 5. The van der Waals surface area contributed by atoms with Crippen molar-refractivity contribution in [1.29, 1.82) is 0 Å². The van der Waals surface area contributed by atoms with E-state index in [1.807, 2.05) is 30.3 Å². The maximum atomic E-state index is 14.2. The maximum absolute atomic E-state index is 14.2. The highest BCUT2D eigenvalue weighted by Crippen LogP contribution is 2.71. The molecule has 1 aromatic rings. The molecule has 3 aliphatic heterocycles. The Kier molecular flexibility index (Phi) is 6.17. The Morgan fingerprint density at radius 1 is 1.15 bits per heavy atom. The van der Waals surface area contributed by atoms with Crippen molar-refractivity contribution in [2.45, 2.75) is 79.5 Å². The summed E-state index contributed by atoms with van der Waals surface area (Å²) in [5.41, 5.74) is 0.799. The molecule has 4 aliphatic rings.